The third-order valence-corrected chi connectivity index (χ3v) is 4.38. The lowest BCUT2D eigenvalue weighted by molar-refractivity contribution is 0.0965. The summed E-state index contributed by atoms with van der Waals surface area (Å²) in [7, 11) is 3.17. The molecule has 3 rings (SSSR count). The predicted octanol–water partition coefficient (Wildman–Crippen LogP) is 4.18. The Balaban J connectivity index is 2.30. The first-order valence-corrected chi connectivity index (χ1v) is 7.42. The summed E-state index contributed by atoms with van der Waals surface area (Å²) in [5, 5.41) is 3.36. The minimum Gasteiger partial charge on any atom is -0.497 e. The molecule has 0 aliphatic rings. The molecule has 0 bridgehead atoms. The number of carbonyl (C=O) groups is 1. The van der Waals surface area contributed by atoms with E-state index in [0.717, 1.165) is 4.88 Å². The molecular formula is C15H12ClNO3S. The zero-order chi connectivity index (χ0) is 15.0. The molecule has 1 aromatic carbocycles. The highest BCUT2D eigenvalue weighted by Crippen LogP contribution is 2.39. The van der Waals surface area contributed by atoms with Crippen LogP contribution in [0.25, 0.3) is 21.6 Å². The molecule has 2 heterocycles. The number of fused-ring (bicyclic) bond motifs is 1. The molecule has 4 nitrogen and oxygen atoms in total. The summed E-state index contributed by atoms with van der Waals surface area (Å²) in [5.74, 6) is 0.986. The summed E-state index contributed by atoms with van der Waals surface area (Å²) < 4.78 is 11.7. The summed E-state index contributed by atoms with van der Waals surface area (Å²) in [6, 6.07) is 9.00. The van der Waals surface area contributed by atoms with Gasteiger partial charge >= 0.3 is 0 Å². The summed E-state index contributed by atoms with van der Waals surface area (Å²) in [6.07, 6.45) is 0. The molecule has 0 atom stereocenters. The van der Waals surface area contributed by atoms with Gasteiger partial charge in [0.2, 0.25) is 0 Å². The monoisotopic (exact) mass is 321 g/mol. The van der Waals surface area contributed by atoms with Gasteiger partial charge in [0.1, 0.15) is 11.3 Å². The van der Waals surface area contributed by atoms with E-state index in [1.165, 1.54) is 11.3 Å². The van der Waals surface area contributed by atoms with Crippen molar-refractivity contribution in [2.45, 2.75) is 0 Å². The van der Waals surface area contributed by atoms with Gasteiger partial charge in [-0.3, -0.25) is 4.79 Å². The molecule has 21 heavy (non-hydrogen) atoms. The van der Waals surface area contributed by atoms with Crippen molar-refractivity contribution < 1.29 is 13.9 Å². The van der Waals surface area contributed by atoms with Crippen molar-refractivity contribution in [1.82, 2.24) is 5.32 Å². The van der Waals surface area contributed by atoms with Crippen molar-refractivity contribution in [3.63, 3.8) is 0 Å². The maximum atomic E-state index is 12.2. The van der Waals surface area contributed by atoms with Gasteiger partial charge in [-0.1, -0.05) is 11.6 Å². The Bertz CT molecular complexity index is 822. The number of rotatable bonds is 3. The van der Waals surface area contributed by atoms with E-state index in [-0.39, 0.29) is 5.91 Å². The van der Waals surface area contributed by atoms with Crippen LogP contribution < -0.4 is 10.1 Å². The van der Waals surface area contributed by atoms with Crippen molar-refractivity contribution in [3.05, 3.63) is 40.2 Å². The van der Waals surface area contributed by atoms with Crippen LogP contribution in [0.15, 0.2) is 34.7 Å². The summed E-state index contributed by atoms with van der Waals surface area (Å²) in [6.45, 7) is 0. The van der Waals surface area contributed by atoms with Gasteiger partial charge in [-0.15, -0.1) is 11.3 Å². The molecule has 0 saturated carbocycles. The fourth-order valence-corrected chi connectivity index (χ4v) is 3.20. The second-order valence-corrected chi connectivity index (χ2v) is 6.07. The highest BCUT2D eigenvalue weighted by atomic mass is 35.5. The van der Waals surface area contributed by atoms with E-state index in [2.05, 4.69) is 5.32 Å². The van der Waals surface area contributed by atoms with E-state index in [1.807, 2.05) is 6.07 Å². The van der Waals surface area contributed by atoms with Crippen LogP contribution in [0, 0.1) is 0 Å². The van der Waals surface area contributed by atoms with Crippen LogP contribution in [0.3, 0.4) is 0 Å². The molecule has 1 N–H and O–H groups in total. The van der Waals surface area contributed by atoms with Crippen LogP contribution >= 0.6 is 22.9 Å². The minimum atomic E-state index is -0.207. The molecule has 1 amide bonds. The van der Waals surface area contributed by atoms with Gasteiger partial charge in [-0.25, -0.2) is 0 Å². The van der Waals surface area contributed by atoms with Gasteiger partial charge in [0, 0.05) is 12.4 Å². The smallest absolute Gasteiger partial charge is 0.255 e. The summed E-state index contributed by atoms with van der Waals surface area (Å²) in [4.78, 5) is 13.1. The lowest BCUT2D eigenvalue weighted by Gasteiger charge is -2.01. The maximum absolute atomic E-state index is 12.2. The molecule has 0 saturated heterocycles. The second kappa shape index (κ2) is 5.42. The lowest BCUT2D eigenvalue weighted by atomic mass is 10.1. The van der Waals surface area contributed by atoms with Crippen LogP contribution in [-0.4, -0.2) is 20.1 Å². The van der Waals surface area contributed by atoms with Crippen molar-refractivity contribution >= 4 is 39.8 Å². The SMILES string of the molecule is CNC(=O)c1c(-c2ccc(Cl)s2)oc2ccc(OC)cc12. The molecule has 108 valence electrons. The molecule has 0 unspecified atom stereocenters. The Hall–Kier alpha value is -1.98. The number of furan rings is 1. The van der Waals surface area contributed by atoms with Crippen LogP contribution in [0.5, 0.6) is 5.75 Å². The van der Waals surface area contributed by atoms with E-state index in [0.29, 0.717) is 32.4 Å². The normalized spacial score (nSPS) is 10.8. The minimum absolute atomic E-state index is 0.207. The number of amides is 1. The van der Waals surface area contributed by atoms with Crippen molar-refractivity contribution in [2.75, 3.05) is 14.2 Å². The highest BCUT2D eigenvalue weighted by molar-refractivity contribution is 7.19. The number of benzene rings is 1. The third-order valence-electron chi connectivity index (χ3n) is 3.15. The van der Waals surface area contributed by atoms with E-state index in [1.54, 1.807) is 38.4 Å². The zero-order valence-corrected chi connectivity index (χ0v) is 13.0. The fraction of sp³-hybridized carbons (Fsp3) is 0.133. The maximum Gasteiger partial charge on any atom is 0.255 e. The molecule has 3 aromatic rings. The molecule has 0 fully saturated rings. The molecule has 0 aliphatic heterocycles. The topological polar surface area (TPSA) is 51.5 Å². The highest BCUT2D eigenvalue weighted by Gasteiger charge is 2.22. The number of carbonyl (C=O) groups excluding carboxylic acids is 1. The van der Waals surface area contributed by atoms with Gasteiger partial charge in [-0.05, 0) is 30.3 Å². The number of methoxy groups -OCH3 is 1. The van der Waals surface area contributed by atoms with Gasteiger partial charge in [0.15, 0.2) is 5.76 Å². The van der Waals surface area contributed by atoms with E-state index >= 15 is 0 Å². The van der Waals surface area contributed by atoms with Gasteiger partial charge in [0.25, 0.3) is 5.91 Å². The lowest BCUT2D eigenvalue weighted by Crippen LogP contribution is -2.18. The van der Waals surface area contributed by atoms with E-state index in [9.17, 15) is 4.79 Å². The quantitative estimate of drug-likeness (QED) is 0.787. The second-order valence-electron chi connectivity index (χ2n) is 4.35. The first kappa shape index (κ1) is 14.0. The number of nitrogens with one attached hydrogen (secondary N) is 1. The Morgan fingerprint density at radius 2 is 2.14 bits per heavy atom. The van der Waals surface area contributed by atoms with Crippen LogP contribution in [0.2, 0.25) is 4.34 Å². The Morgan fingerprint density at radius 3 is 2.76 bits per heavy atom. The Kier molecular flexibility index (Phi) is 3.61. The number of hydrogen-bond acceptors (Lipinski definition) is 4. The number of ether oxygens (including phenoxy) is 1. The molecular weight excluding hydrogens is 310 g/mol. The Labute approximate surface area is 130 Å². The van der Waals surface area contributed by atoms with Crippen LogP contribution in [-0.2, 0) is 0 Å². The third kappa shape index (κ3) is 2.39. The molecule has 0 radical (unpaired) electrons. The average Bonchev–Trinajstić information content (AvgIpc) is 3.08. The largest absolute Gasteiger partial charge is 0.497 e. The molecule has 0 aliphatic carbocycles. The standard InChI is InChI=1S/C15H12ClNO3S/c1-17-15(18)13-9-7-8(19-2)3-4-10(9)20-14(13)11-5-6-12(16)21-11/h3-7H,1-2H3,(H,17,18). The molecule has 2 aromatic heterocycles. The fourth-order valence-electron chi connectivity index (χ4n) is 2.16. The molecule has 6 heteroatoms. The number of hydrogen-bond donors (Lipinski definition) is 1. The Morgan fingerprint density at radius 1 is 1.33 bits per heavy atom. The zero-order valence-electron chi connectivity index (χ0n) is 11.4. The number of halogens is 1. The van der Waals surface area contributed by atoms with Gasteiger partial charge < -0.3 is 14.5 Å². The van der Waals surface area contributed by atoms with E-state index < -0.39 is 0 Å². The van der Waals surface area contributed by atoms with Crippen molar-refractivity contribution in [1.29, 1.82) is 0 Å². The van der Waals surface area contributed by atoms with Crippen LogP contribution in [0.4, 0.5) is 0 Å². The first-order chi connectivity index (χ1) is 10.1. The molecule has 0 spiro atoms. The number of thiophene rings is 1. The van der Waals surface area contributed by atoms with Crippen molar-refractivity contribution in [3.8, 4) is 16.4 Å². The van der Waals surface area contributed by atoms with E-state index in [4.69, 9.17) is 20.8 Å². The first-order valence-electron chi connectivity index (χ1n) is 6.22. The van der Waals surface area contributed by atoms with Gasteiger partial charge in [0.05, 0.1) is 21.9 Å². The van der Waals surface area contributed by atoms with Gasteiger partial charge in [-0.2, -0.15) is 0 Å². The summed E-state index contributed by atoms with van der Waals surface area (Å²) >= 11 is 7.35. The summed E-state index contributed by atoms with van der Waals surface area (Å²) in [5.41, 5.74) is 1.12. The van der Waals surface area contributed by atoms with Crippen LogP contribution in [0.1, 0.15) is 10.4 Å². The average molecular weight is 322 g/mol. The van der Waals surface area contributed by atoms with Crippen molar-refractivity contribution in [2.24, 2.45) is 0 Å². The predicted molar refractivity (Wildman–Crippen MR) is 84.5 cm³/mol.